The van der Waals surface area contributed by atoms with Gasteiger partial charge in [0.25, 0.3) is 0 Å². The molecule has 2 aromatic heterocycles. The van der Waals surface area contributed by atoms with E-state index in [-0.39, 0.29) is 0 Å². The summed E-state index contributed by atoms with van der Waals surface area (Å²) < 4.78 is 2.07. The third kappa shape index (κ3) is 1.67. The van der Waals surface area contributed by atoms with Gasteiger partial charge in [0.2, 0.25) is 0 Å². The average Bonchev–Trinajstić information content (AvgIpc) is 2.90. The molecule has 0 spiro atoms. The maximum Gasteiger partial charge on any atom is 0.115 e. The number of hydrogen-bond donors (Lipinski definition) is 1. The van der Waals surface area contributed by atoms with E-state index in [1.165, 1.54) is 17.9 Å². The smallest absolute Gasteiger partial charge is 0.115 e. The summed E-state index contributed by atoms with van der Waals surface area (Å²) in [6.07, 6.45) is 4.27. The zero-order chi connectivity index (χ0) is 11.0. The van der Waals surface area contributed by atoms with Crippen molar-refractivity contribution in [1.29, 1.82) is 0 Å². The van der Waals surface area contributed by atoms with Gasteiger partial charge in [-0.3, -0.25) is 4.40 Å². The number of pyridine rings is 1. The lowest BCUT2D eigenvalue weighted by atomic mass is 10.1. The highest BCUT2D eigenvalue weighted by Gasteiger charge is 2.18. The zero-order valence-corrected chi connectivity index (χ0v) is 9.91. The second kappa shape index (κ2) is 4.01. The summed E-state index contributed by atoms with van der Waals surface area (Å²) in [5.41, 5.74) is 7.09. The van der Waals surface area contributed by atoms with Crippen LogP contribution >= 0.6 is 11.8 Å². The van der Waals surface area contributed by atoms with Crippen LogP contribution in [-0.2, 0) is 6.42 Å². The molecule has 2 N–H and O–H groups in total. The first-order chi connectivity index (χ1) is 7.84. The predicted octanol–water partition coefficient (Wildman–Crippen LogP) is 2.21. The Morgan fingerprint density at radius 3 is 3.25 bits per heavy atom. The van der Waals surface area contributed by atoms with Crippen LogP contribution in [0, 0.1) is 5.92 Å². The van der Waals surface area contributed by atoms with Crippen LogP contribution in [0.4, 0.5) is 5.82 Å². The van der Waals surface area contributed by atoms with Gasteiger partial charge in [-0.05, 0) is 36.0 Å². The molecule has 2 aromatic rings. The van der Waals surface area contributed by atoms with Gasteiger partial charge in [-0.1, -0.05) is 6.07 Å². The average molecular weight is 233 g/mol. The van der Waals surface area contributed by atoms with Gasteiger partial charge in [-0.15, -0.1) is 0 Å². The number of fused-ring (bicyclic) bond motifs is 1. The molecular weight excluding hydrogens is 218 g/mol. The monoisotopic (exact) mass is 233 g/mol. The van der Waals surface area contributed by atoms with Gasteiger partial charge in [0, 0.05) is 6.42 Å². The van der Waals surface area contributed by atoms with Crippen LogP contribution in [0.1, 0.15) is 12.2 Å². The standard InChI is InChI=1S/C12H15N3S/c13-11-3-1-2-10-7-14-12(15(10)11)6-9-4-5-16-8-9/h1-3,7,9H,4-6,8,13H2. The SMILES string of the molecule is Nc1cccc2cnc(CC3CCSC3)n12. The van der Waals surface area contributed by atoms with Gasteiger partial charge in [-0.2, -0.15) is 11.8 Å². The van der Waals surface area contributed by atoms with Crippen molar-refractivity contribution in [2.45, 2.75) is 12.8 Å². The fourth-order valence-electron chi connectivity index (χ4n) is 2.29. The molecule has 3 rings (SSSR count). The number of nitrogens with zero attached hydrogens (tertiary/aromatic N) is 2. The van der Waals surface area contributed by atoms with Crippen molar-refractivity contribution in [1.82, 2.24) is 9.38 Å². The van der Waals surface area contributed by atoms with Crippen molar-refractivity contribution < 1.29 is 0 Å². The van der Waals surface area contributed by atoms with Gasteiger partial charge < -0.3 is 5.73 Å². The topological polar surface area (TPSA) is 43.3 Å². The summed E-state index contributed by atoms with van der Waals surface area (Å²) in [7, 11) is 0. The first-order valence-corrected chi connectivity index (χ1v) is 6.78. The normalized spacial score (nSPS) is 20.6. The summed E-state index contributed by atoms with van der Waals surface area (Å²) in [6.45, 7) is 0. The van der Waals surface area contributed by atoms with E-state index in [2.05, 4.69) is 15.5 Å². The minimum atomic E-state index is 0.773. The minimum absolute atomic E-state index is 0.773. The van der Waals surface area contributed by atoms with Crippen molar-refractivity contribution in [3.63, 3.8) is 0 Å². The molecule has 1 saturated heterocycles. The van der Waals surface area contributed by atoms with Gasteiger partial charge >= 0.3 is 0 Å². The Morgan fingerprint density at radius 2 is 2.44 bits per heavy atom. The van der Waals surface area contributed by atoms with E-state index in [0.717, 1.165) is 29.5 Å². The van der Waals surface area contributed by atoms with Crippen molar-refractivity contribution in [2.24, 2.45) is 5.92 Å². The number of nitrogen functional groups attached to an aromatic ring is 1. The Hall–Kier alpha value is -1.16. The number of thioether (sulfide) groups is 1. The Balaban J connectivity index is 1.97. The van der Waals surface area contributed by atoms with E-state index in [0.29, 0.717) is 0 Å². The third-order valence-corrected chi connectivity index (χ3v) is 4.38. The summed E-state index contributed by atoms with van der Waals surface area (Å²) in [5, 5.41) is 0. The van der Waals surface area contributed by atoms with Gasteiger partial charge in [0.1, 0.15) is 11.6 Å². The van der Waals surface area contributed by atoms with Gasteiger partial charge in [-0.25, -0.2) is 4.98 Å². The number of aromatic nitrogens is 2. The lowest BCUT2D eigenvalue weighted by Gasteiger charge is -2.08. The second-order valence-electron chi connectivity index (χ2n) is 4.32. The largest absolute Gasteiger partial charge is 0.385 e. The van der Waals surface area contributed by atoms with E-state index in [1.807, 2.05) is 30.1 Å². The Kier molecular flexibility index (Phi) is 2.52. The molecule has 0 bridgehead atoms. The summed E-state index contributed by atoms with van der Waals surface area (Å²) in [6, 6.07) is 5.96. The van der Waals surface area contributed by atoms with E-state index >= 15 is 0 Å². The lowest BCUT2D eigenvalue weighted by molar-refractivity contribution is 0.575. The molecule has 0 aromatic carbocycles. The molecule has 1 fully saturated rings. The number of hydrogen-bond acceptors (Lipinski definition) is 3. The zero-order valence-electron chi connectivity index (χ0n) is 9.10. The molecule has 4 heteroatoms. The van der Waals surface area contributed by atoms with Gasteiger partial charge in [0.05, 0.1) is 11.7 Å². The van der Waals surface area contributed by atoms with E-state index in [1.54, 1.807) is 0 Å². The highest BCUT2D eigenvalue weighted by atomic mass is 32.2. The van der Waals surface area contributed by atoms with Crippen LogP contribution in [-0.4, -0.2) is 20.9 Å². The molecule has 0 radical (unpaired) electrons. The Morgan fingerprint density at radius 1 is 1.50 bits per heavy atom. The first kappa shape index (κ1) is 10.0. The van der Waals surface area contributed by atoms with Crippen LogP contribution in [0.5, 0.6) is 0 Å². The predicted molar refractivity (Wildman–Crippen MR) is 68.7 cm³/mol. The molecule has 1 aliphatic rings. The summed E-state index contributed by atoms with van der Waals surface area (Å²) in [5.74, 6) is 5.23. The van der Waals surface area contributed by atoms with Crippen LogP contribution in [0.3, 0.4) is 0 Å². The highest BCUT2D eigenvalue weighted by Crippen LogP contribution is 2.27. The van der Waals surface area contributed by atoms with Crippen LogP contribution in [0.25, 0.3) is 5.52 Å². The van der Waals surface area contributed by atoms with Crippen molar-refractivity contribution in [2.75, 3.05) is 17.2 Å². The van der Waals surface area contributed by atoms with E-state index in [4.69, 9.17) is 5.73 Å². The fraction of sp³-hybridized carbons (Fsp3) is 0.417. The molecule has 0 amide bonds. The number of nitrogens with two attached hydrogens (primary N) is 1. The molecule has 16 heavy (non-hydrogen) atoms. The summed E-state index contributed by atoms with van der Waals surface area (Å²) in [4.78, 5) is 4.49. The van der Waals surface area contributed by atoms with Crippen LogP contribution in [0.2, 0.25) is 0 Å². The molecule has 3 nitrogen and oxygen atoms in total. The van der Waals surface area contributed by atoms with Crippen molar-refractivity contribution in [3.05, 3.63) is 30.2 Å². The molecule has 1 aliphatic heterocycles. The molecule has 1 atom stereocenters. The molecule has 1 unspecified atom stereocenters. The van der Waals surface area contributed by atoms with E-state index < -0.39 is 0 Å². The Bertz CT molecular complexity index is 500. The number of anilines is 1. The Labute approximate surface area is 99.1 Å². The summed E-state index contributed by atoms with van der Waals surface area (Å²) >= 11 is 2.05. The number of rotatable bonds is 2. The molecule has 3 heterocycles. The first-order valence-electron chi connectivity index (χ1n) is 5.63. The molecule has 0 saturated carbocycles. The maximum atomic E-state index is 5.99. The number of imidazole rings is 1. The molecular formula is C12H15N3S. The van der Waals surface area contributed by atoms with Gasteiger partial charge in [0.15, 0.2) is 0 Å². The van der Waals surface area contributed by atoms with Crippen molar-refractivity contribution in [3.8, 4) is 0 Å². The highest BCUT2D eigenvalue weighted by molar-refractivity contribution is 7.99. The molecule has 0 aliphatic carbocycles. The van der Waals surface area contributed by atoms with Crippen LogP contribution in [0.15, 0.2) is 24.4 Å². The third-order valence-electron chi connectivity index (χ3n) is 3.15. The molecule has 84 valence electrons. The van der Waals surface area contributed by atoms with Crippen LogP contribution < -0.4 is 5.73 Å². The van der Waals surface area contributed by atoms with E-state index in [9.17, 15) is 0 Å². The fourth-order valence-corrected chi connectivity index (χ4v) is 3.57. The second-order valence-corrected chi connectivity index (χ2v) is 5.47. The quantitative estimate of drug-likeness (QED) is 0.865. The maximum absolute atomic E-state index is 5.99. The minimum Gasteiger partial charge on any atom is -0.385 e. The van der Waals surface area contributed by atoms with Crippen molar-refractivity contribution >= 4 is 23.1 Å². The lowest BCUT2D eigenvalue weighted by Crippen LogP contribution is -2.08.